The maximum Gasteiger partial charge on any atom is 0.328 e. The lowest BCUT2D eigenvalue weighted by Crippen LogP contribution is -2.20. The first kappa shape index (κ1) is 14.2. The molecule has 1 aromatic carbocycles. The molecule has 0 spiro atoms. The molecular formula is C15H16FNO3. The zero-order valence-corrected chi connectivity index (χ0v) is 10.9. The molecule has 20 heavy (non-hydrogen) atoms. The van der Waals surface area contributed by atoms with Crippen LogP contribution in [0.4, 0.5) is 10.1 Å². The summed E-state index contributed by atoms with van der Waals surface area (Å²) in [7, 11) is 0. The quantitative estimate of drug-likeness (QED) is 0.831. The number of halogens is 1. The first-order valence-electron chi connectivity index (χ1n) is 6.57. The highest BCUT2D eigenvalue weighted by Gasteiger charge is 2.22. The van der Waals surface area contributed by atoms with Crippen molar-refractivity contribution in [3.8, 4) is 0 Å². The van der Waals surface area contributed by atoms with Crippen LogP contribution in [-0.4, -0.2) is 17.0 Å². The van der Waals surface area contributed by atoms with Crippen LogP contribution in [0.15, 0.2) is 24.3 Å². The summed E-state index contributed by atoms with van der Waals surface area (Å²) in [5, 5.41) is 11.2. The van der Waals surface area contributed by atoms with Crippen LogP contribution in [0.2, 0.25) is 0 Å². The molecule has 0 heterocycles. The first-order chi connectivity index (χ1) is 9.56. The van der Waals surface area contributed by atoms with E-state index in [-0.39, 0.29) is 17.4 Å². The van der Waals surface area contributed by atoms with Crippen LogP contribution in [0.3, 0.4) is 0 Å². The van der Waals surface area contributed by atoms with Crippen LogP contribution in [-0.2, 0) is 9.59 Å². The molecule has 1 aliphatic rings. The Hall–Kier alpha value is -2.17. The van der Waals surface area contributed by atoms with Gasteiger partial charge in [-0.25, -0.2) is 9.18 Å². The van der Waals surface area contributed by atoms with Gasteiger partial charge in [0.2, 0.25) is 5.91 Å². The lowest BCUT2D eigenvalue weighted by Gasteiger charge is -2.10. The second-order valence-corrected chi connectivity index (χ2v) is 4.88. The van der Waals surface area contributed by atoms with Crippen molar-refractivity contribution in [2.24, 2.45) is 5.92 Å². The van der Waals surface area contributed by atoms with Crippen LogP contribution in [0.1, 0.15) is 31.2 Å². The summed E-state index contributed by atoms with van der Waals surface area (Å²) in [6, 6.07) is 4.21. The van der Waals surface area contributed by atoms with Crippen molar-refractivity contribution in [1.29, 1.82) is 0 Å². The molecule has 0 aromatic heterocycles. The van der Waals surface area contributed by atoms with E-state index in [0.717, 1.165) is 31.8 Å². The monoisotopic (exact) mass is 277 g/mol. The number of carbonyl (C=O) groups is 2. The number of carboxylic acid groups (broad SMARTS) is 1. The molecule has 0 aliphatic heterocycles. The predicted octanol–water partition coefficient (Wildman–Crippen LogP) is 3.05. The fourth-order valence-corrected chi connectivity index (χ4v) is 2.33. The molecule has 0 bridgehead atoms. The van der Waals surface area contributed by atoms with E-state index >= 15 is 0 Å². The average molecular weight is 277 g/mol. The third-order valence-electron chi connectivity index (χ3n) is 3.40. The summed E-state index contributed by atoms with van der Waals surface area (Å²) >= 11 is 0. The van der Waals surface area contributed by atoms with Crippen LogP contribution < -0.4 is 5.32 Å². The smallest absolute Gasteiger partial charge is 0.328 e. The minimum absolute atomic E-state index is 0.0182. The Morgan fingerprint density at radius 2 is 2.00 bits per heavy atom. The number of nitrogens with one attached hydrogen (secondary N) is 1. The van der Waals surface area contributed by atoms with Gasteiger partial charge in [-0.15, -0.1) is 0 Å². The molecule has 4 nitrogen and oxygen atoms in total. The summed E-state index contributed by atoms with van der Waals surface area (Å²) in [5.74, 6) is -1.75. The van der Waals surface area contributed by atoms with Gasteiger partial charge in [-0.05, 0) is 37.1 Å². The van der Waals surface area contributed by atoms with E-state index in [2.05, 4.69) is 5.32 Å². The van der Waals surface area contributed by atoms with Crippen LogP contribution >= 0.6 is 0 Å². The number of hydrogen-bond donors (Lipinski definition) is 2. The third-order valence-corrected chi connectivity index (χ3v) is 3.40. The fraction of sp³-hybridized carbons (Fsp3) is 0.333. The average Bonchev–Trinajstić information content (AvgIpc) is 2.91. The van der Waals surface area contributed by atoms with Crippen LogP contribution in [0.5, 0.6) is 0 Å². The van der Waals surface area contributed by atoms with Gasteiger partial charge in [0, 0.05) is 23.2 Å². The Bertz CT molecular complexity index is 548. The van der Waals surface area contributed by atoms with Gasteiger partial charge in [0.15, 0.2) is 0 Å². The van der Waals surface area contributed by atoms with E-state index in [1.165, 1.54) is 18.2 Å². The highest BCUT2D eigenvalue weighted by molar-refractivity contribution is 5.93. The zero-order valence-electron chi connectivity index (χ0n) is 10.9. The molecule has 5 heteroatoms. The Balaban J connectivity index is 2.04. The van der Waals surface area contributed by atoms with Gasteiger partial charge in [-0.3, -0.25) is 4.79 Å². The Morgan fingerprint density at radius 1 is 1.30 bits per heavy atom. The van der Waals surface area contributed by atoms with Gasteiger partial charge in [-0.1, -0.05) is 12.8 Å². The number of anilines is 1. The van der Waals surface area contributed by atoms with Crippen LogP contribution in [0.25, 0.3) is 6.08 Å². The maximum absolute atomic E-state index is 13.7. The van der Waals surface area contributed by atoms with Crippen molar-refractivity contribution in [3.63, 3.8) is 0 Å². The minimum Gasteiger partial charge on any atom is -0.478 e. The first-order valence-corrected chi connectivity index (χ1v) is 6.57. The van der Waals surface area contributed by atoms with Gasteiger partial charge < -0.3 is 10.4 Å². The van der Waals surface area contributed by atoms with Crippen LogP contribution in [0, 0.1) is 11.7 Å². The molecule has 2 rings (SSSR count). The fourth-order valence-electron chi connectivity index (χ4n) is 2.33. The Morgan fingerprint density at radius 3 is 2.60 bits per heavy atom. The zero-order chi connectivity index (χ0) is 14.5. The number of hydrogen-bond acceptors (Lipinski definition) is 2. The molecular weight excluding hydrogens is 261 g/mol. The highest BCUT2D eigenvalue weighted by atomic mass is 19.1. The van der Waals surface area contributed by atoms with Crippen molar-refractivity contribution in [1.82, 2.24) is 0 Å². The summed E-state index contributed by atoms with van der Waals surface area (Å²) in [6.45, 7) is 0. The number of carboxylic acids is 1. The normalized spacial score (nSPS) is 15.7. The molecule has 1 aromatic rings. The largest absolute Gasteiger partial charge is 0.478 e. The summed E-state index contributed by atoms with van der Waals surface area (Å²) < 4.78 is 13.7. The maximum atomic E-state index is 13.7. The molecule has 1 saturated carbocycles. The molecule has 2 N–H and O–H groups in total. The Kier molecular flexibility index (Phi) is 4.50. The number of benzene rings is 1. The standard InChI is InChI=1S/C15H16FNO3/c16-13-9-12(7-5-10(13)6-8-14(18)19)17-15(20)11-3-1-2-4-11/h5-9,11H,1-4H2,(H,17,20)(H,18,19). The minimum atomic E-state index is -1.14. The predicted molar refractivity (Wildman–Crippen MR) is 73.7 cm³/mol. The SMILES string of the molecule is O=C(O)C=Cc1ccc(NC(=O)C2CCCC2)cc1F. The van der Waals surface area contributed by atoms with E-state index in [4.69, 9.17) is 5.11 Å². The second kappa shape index (κ2) is 6.32. The topological polar surface area (TPSA) is 66.4 Å². The summed E-state index contributed by atoms with van der Waals surface area (Å²) in [5.41, 5.74) is 0.568. The van der Waals surface area contributed by atoms with Crippen molar-refractivity contribution in [2.45, 2.75) is 25.7 Å². The number of aliphatic carboxylic acids is 1. The highest BCUT2D eigenvalue weighted by Crippen LogP contribution is 2.26. The van der Waals surface area contributed by atoms with Crippen molar-refractivity contribution < 1.29 is 19.1 Å². The van der Waals surface area contributed by atoms with Gasteiger partial charge in [-0.2, -0.15) is 0 Å². The number of carbonyl (C=O) groups excluding carboxylic acids is 1. The molecule has 0 saturated heterocycles. The van der Waals surface area contributed by atoms with E-state index < -0.39 is 11.8 Å². The lowest BCUT2D eigenvalue weighted by atomic mass is 10.1. The Labute approximate surface area is 116 Å². The van der Waals surface area contributed by atoms with Crippen molar-refractivity contribution in [2.75, 3.05) is 5.32 Å². The van der Waals surface area contributed by atoms with E-state index in [1.807, 2.05) is 0 Å². The van der Waals surface area contributed by atoms with Gasteiger partial charge in [0.25, 0.3) is 0 Å². The van der Waals surface area contributed by atoms with Gasteiger partial charge >= 0.3 is 5.97 Å². The van der Waals surface area contributed by atoms with E-state index in [1.54, 1.807) is 6.07 Å². The third kappa shape index (κ3) is 3.66. The van der Waals surface area contributed by atoms with Gasteiger partial charge in [0.1, 0.15) is 5.82 Å². The summed E-state index contributed by atoms with van der Waals surface area (Å²) in [6.07, 6.45) is 5.94. The number of rotatable bonds is 4. The van der Waals surface area contributed by atoms with E-state index in [0.29, 0.717) is 5.69 Å². The molecule has 1 fully saturated rings. The number of amides is 1. The van der Waals surface area contributed by atoms with Crippen molar-refractivity contribution in [3.05, 3.63) is 35.7 Å². The van der Waals surface area contributed by atoms with E-state index in [9.17, 15) is 14.0 Å². The lowest BCUT2D eigenvalue weighted by molar-refractivity contribution is -0.131. The molecule has 1 amide bonds. The molecule has 106 valence electrons. The second-order valence-electron chi connectivity index (χ2n) is 4.88. The van der Waals surface area contributed by atoms with Gasteiger partial charge in [0.05, 0.1) is 0 Å². The molecule has 0 unspecified atom stereocenters. The summed E-state index contributed by atoms with van der Waals surface area (Å²) in [4.78, 5) is 22.3. The molecule has 0 atom stereocenters. The molecule has 1 aliphatic carbocycles. The molecule has 0 radical (unpaired) electrons. The van der Waals surface area contributed by atoms with Crippen molar-refractivity contribution >= 4 is 23.6 Å².